The third-order valence-corrected chi connectivity index (χ3v) is 5.59. The number of rotatable bonds is 10. The first kappa shape index (κ1) is 22.0. The smallest absolute Gasteiger partial charge is 0.410 e. The van der Waals surface area contributed by atoms with Gasteiger partial charge in [-0.05, 0) is 62.5 Å². The van der Waals surface area contributed by atoms with Crippen molar-refractivity contribution < 1.29 is 14.6 Å². The van der Waals surface area contributed by atoms with Gasteiger partial charge in [-0.1, -0.05) is 37.8 Å². The zero-order valence-electron chi connectivity index (χ0n) is 16.4. The van der Waals surface area contributed by atoms with Gasteiger partial charge in [0.2, 0.25) is 0 Å². The molecule has 1 aliphatic rings. The average Bonchev–Trinajstić information content (AvgIpc) is 2.69. The first-order valence-corrected chi connectivity index (χ1v) is 10.6. The third kappa shape index (κ3) is 8.08. The number of carbonyl (C=O) groups is 1. The van der Waals surface area contributed by atoms with Crippen LogP contribution in [-0.4, -0.2) is 60.3 Å². The molecule has 1 aromatic rings. The number of ether oxygens (including phenoxy) is 1. The monoisotopic (exact) mass is 396 g/mol. The fourth-order valence-electron chi connectivity index (χ4n) is 3.59. The van der Waals surface area contributed by atoms with Gasteiger partial charge >= 0.3 is 6.09 Å². The number of nitrogens with zero attached hydrogens (tertiary/aromatic N) is 2. The predicted molar refractivity (Wildman–Crippen MR) is 109 cm³/mol. The lowest BCUT2D eigenvalue weighted by molar-refractivity contribution is 0.128. The molecule has 6 heteroatoms. The van der Waals surface area contributed by atoms with Crippen molar-refractivity contribution in [3.8, 4) is 5.75 Å². The lowest BCUT2D eigenvalue weighted by atomic mass is 9.91. The van der Waals surface area contributed by atoms with E-state index in [9.17, 15) is 4.79 Å². The Morgan fingerprint density at radius 1 is 1.19 bits per heavy atom. The van der Waals surface area contributed by atoms with Crippen LogP contribution in [0.1, 0.15) is 45.4 Å². The molecule has 152 valence electrons. The number of piperidine rings is 1. The summed E-state index contributed by atoms with van der Waals surface area (Å²) in [6, 6.07) is 6.88. The molecule has 0 saturated carbocycles. The number of likely N-dealkylation sites (N-methyl/N-ethyl adjacent to an activating group) is 1. The molecule has 0 aromatic heterocycles. The van der Waals surface area contributed by atoms with E-state index in [0.717, 1.165) is 45.6 Å². The molecule has 1 fully saturated rings. The van der Waals surface area contributed by atoms with Crippen LogP contribution in [0, 0.1) is 5.92 Å². The summed E-state index contributed by atoms with van der Waals surface area (Å²) in [6.45, 7) is 6.79. The van der Waals surface area contributed by atoms with Gasteiger partial charge in [-0.15, -0.1) is 0 Å². The van der Waals surface area contributed by atoms with Crippen LogP contribution in [0.3, 0.4) is 0 Å². The summed E-state index contributed by atoms with van der Waals surface area (Å²) in [5, 5.41) is 9.64. The Morgan fingerprint density at radius 2 is 1.89 bits per heavy atom. The molecule has 0 bridgehead atoms. The lowest BCUT2D eigenvalue weighted by Crippen LogP contribution is -2.40. The molecule has 5 nitrogen and oxygen atoms in total. The summed E-state index contributed by atoms with van der Waals surface area (Å²) in [5.74, 6) is 1.25. The fourth-order valence-corrected chi connectivity index (χ4v) is 3.71. The van der Waals surface area contributed by atoms with E-state index in [-0.39, 0.29) is 12.7 Å². The van der Waals surface area contributed by atoms with Crippen LogP contribution in [0.2, 0.25) is 5.02 Å². The van der Waals surface area contributed by atoms with Crippen LogP contribution in [0.15, 0.2) is 24.3 Å². The predicted octanol–water partition coefficient (Wildman–Crippen LogP) is 4.43. The van der Waals surface area contributed by atoms with Crippen molar-refractivity contribution in [3.05, 3.63) is 29.3 Å². The van der Waals surface area contributed by atoms with E-state index in [0.29, 0.717) is 16.7 Å². The fraction of sp³-hybridized carbons (Fsp3) is 0.667. The molecular formula is C21H33ClN2O3. The van der Waals surface area contributed by atoms with Crippen molar-refractivity contribution in [2.75, 3.05) is 39.3 Å². The minimum Gasteiger partial charge on any atom is -0.410 e. The quantitative estimate of drug-likeness (QED) is 0.594. The summed E-state index contributed by atoms with van der Waals surface area (Å²) in [7, 11) is 0. The molecule has 1 aliphatic heterocycles. The number of likely N-dealkylation sites (tertiary alicyclic amines) is 1. The molecule has 27 heavy (non-hydrogen) atoms. The maximum absolute atomic E-state index is 12.3. The zero-order valence-corrected chi connectivity index (χ0v) is 17.2. The van der Waals surface area contributed by atoms with Gasteiger partial charge in [-0.25, -0.2) is 4.79 Å². The molecular weight excluding hydrogens is 364 g/mol. The molecule has 0 unspecified atom stereocenters. The Hall–Kier alpha value is -1.30. The number of aliphatic hydroxyl groups is 1. The lowest BCUT2D eigenvalue weighted by Gasteiger charge is -2.31. The second-order valence-electron chi connectivity index (χ2n) is 7.26. The van der Waals surface area contributed by atoms with Gasteiger partial charge in [0.15, 0.2) is 0 Å². The highest BCUT2D eigenvalue weighted by Crippen LogP contribution is 2.24. The number of aliphatic hydroxyl groups excluding tert-OH is 1. The van der Waals surface area contributed by atoms with Gasteiger partial charge in [-0.3, -0.25) is 0 Å². The number of benzene rings is 1. The summed E-state index contributed by atoms with van der Waals surface area (Å²) in [5.41, 5.74) is 0. The van der Waals surface area contributed by atoms with Gasteiger partial charge in [0.05, 0.1) is 6.61 Å². The highest BCUT2D eigenvalue weighted by Gasteiger charge is 2.23. The highest BCUT2D eigenvalue weighted by molar-refractivity contribution is 6.30. The van der Waals surface area contributed by atoms with Crippen molar-refractivity contribution in [3.63, 3.8) is 0 Å². The van der Waals surface area contributed by atoms with E-state index in [1.807, 2.05) is 0 Å². The minimum atomic E-state index is -0.265. The van der Waals surface area contributed by atoms with E-state index < -0.39 is 0 Å². The number of unbranched alkanes of at least 4 members (excludes halogenated alkanes) is 2. The van der Waals surface area contributed by atoms with Crippen LogP contribution in [0.25, 0.3) is 0 Å². The second kappa shape index (κ2) is 12.2. The normalized spacial score (nSPS) is 15.3. The Morgan fingerprint density at radius 3 is 2.52 bits per heavy atom. The third-order valence-electron chi connectivity index (χ3n) is 5.34. The molecule has 1 saturated heterocycles. The van der Waals surface area contributed by atoms with Crippen molar-refractivity contribution >= 4 is 17.7 Å². The Bertz CT molecular complexity index is 545. The molecule has 1 amide bonds. The molecule has 1 aromatic carbocycles. The van der Waals surface area contributed by atoms with Crippen LogP contribution in [-0.2, 0) is 0 Å². The van der Waals surface area contributed by atoms with Crippen molar-refractivity contribution in [1.82, 2.24) is 9.80 Å². The molecule has 0 radical (unpaired) electrons. The summed E-state index contributed by atoms with van der Waals surface area (Å²) >= 11 is 5.85. The van der Waals surface area contributed by atoms with E-state index in [1.54, 1.807) is 29.2 Å². The Kier molecular flexibility index (Phi) is 9.95. The molecule has 0 atom stereocenters. The summed E-state index contributed by atoms with van der Waals surface area (Å²) < 4.78 is 5.42. The molecule has 1 N–H and O–H groups in total. The first-order valence-electron chi connectivity index (χ1n) is 10.2. The SMILES string of the molecule is CCN(CCO)CCCCCC1CCN(C(=O)Oc2ccc(Cl)cc2)CC1. The van der Waals surface area contributed by atoms with Crippen molar-refractivity contribution in [2.24, 2.45) is 5.92 Å². The first-order chi connectivity index (χ1) is 13.1. The average molecular weight is 397 g/mol. The van der Waals surface area contributed by atoms with Crippen molar-refractivity contribution in [1.29, 1.82) is 0 Å². The summed E-state index contributed by atoms with van der Waals surface area (Å²) in [6.07, 6.45) is 6.77. The van der Waals surface area contributed by atoms with Gasteiger partial charge in [0, 0.05) is 24.7 Å². The standard InChI is InChI=1S/C21H33ClN2O3/c1-2-23(16-17-25)13-5-3-4-6-18-11-14-24(15-12-18)21(26)27-20-9-7-19(22)8-10-20/h7-10,18,25H,2-6,11-17H2,1H3. The van der Waals surface area contributed by atoms with Crippen LogP contribution in [0.4, 0.5) is 4.79 Å². The maximum Gasteiger partial charge on any atom is 0.415 e. The van der Waals surface area contributed by atoms with Gasteiger partial charge in [-0.2, -0.15) is 0 Å². The van der Waals surface area contributed by atoms with E-state index in [1.165, 1.54) is 25.7 Å². The van der Waals surface area contributed by atoms with E-state index >= 15 is 0 Å². The van der Waals surface area contributed by atoms with Gasteiger partial charge in [0.1, 0.15) is 5.75 Å². The molecule has 0 aliphatic carbocycles. The van der Waals surface area contributed by atoms with Gasteiger partial charge < -0.3 is 19.6 Å². The second-order valence-corrected chi connectivity index (χ2v) is 7.70. The number of hydrogen-bond acceptors (Lipinski definition) is 4. The van der Waals surface area contributed by atoms with E-state index in [4.69, 9.17) is 21.4 Å². The Labute approximate surface area is 168 Å². The molecule has 0 spiro atoms. The van der Waals surface area contributed by atoms with Crippen LogP contribution in [0.5, 0.6) is 5.75 Å². The molecule has 2 rings (SSSR count). The Balaban J connectivity index is 1.58. The van der Waals surface area contributed by atoms with Crippen LogP contribution < -0.4 is 4.74 Å². The number of halogens is 1. The topological polar surface area (TPSA) is 53.0 Å². The minimum absolute atomic E-state index is 0.243. The van der Waals surface area contributed by atoms with Crippen LogP contribution >= 0.6 is 11.6 Å². The summed E-state index contributed by atoms with van der Waals surface area (Å²) in [4.78, 5) is 16.4. The maximum atomic E-state index is 12.3. The number of amides is 1. The zero-order chi connectivity index (χ0) is 19.5. The number of carbonyl (C=O) groups excluding carboxylic acids is 1. The highest BCUT2D eigenvalue weighted by atomic mass is 35.5. The molecule has 1 heterocycles. The van der Waals surface area contributed by atoms with E-state index in [2.05, 4.69) is 11.8 Å². The van der Waals surface area contributed by atoms with Crippen molar-refractivity contribution in [2.45, 2.75) is 45.4 Å². The number of hydrogen-bond donors (Lipinski definition) is 1. The largest absolute Gasteiger partial charge is 0.415 e. The van der Waals surface area contributed by atoms with Gasteiger partial charge in [0.25, 0.3) is 0 Å².